The van der Waals surface area contributed by atoms with E-state index in [-0.39, 0.29) is 6.03 Å². The molecule has 3 nitrogen and oxygen atoms in total. The summed E-state index contributed by atoms with van der Waals surface area (Å²) in [4.78, 5) is 11.5. The molecule has 4 heteroatoms. The van der Waals surface area contributed by atoms with Crippen molar-refractivity contribution in [2.45, 2.75) is 53.4 Å². The van der Waals surface area contributed by atoms with Crippen LogP contribution in [0.2, 0.25) is 0 Å². The van der Waals surface area contributed by atoms with Crippen LogP contribution in [0, 0.1) is 0 Å². The summed E-state index contributed by atoms with van der Waals surface area (Å²) in [5.41, 5.74) is 5.47. The zero-order valence-corrected chi connectivity index (χ0v) is 13.0. The number of nitrogens with one attached hydrogen (secondary N) is 1. The molecule has 0 bridgehead atoms. The van der Waals surface area contributed by atoms with Gasteiger partial charge in [0.15, 0.2) is 0 Å². The van der Waals surface area contributed by atoms with E-state index in [0.717, 1.165) is 48.7 Å². The van der Waals surface area contributed by atoms with Gasteiger partial charge in [0.25, 0.3) is 0 Å². The maximum absolute atomic E-state index is 11.5. The van der Waals surface area contributed by atoms with Crippen molar-refractivity contribution in [3.63, 3.8) is 0 Å². The van der Waals surface area contributed by atoms with E-state index >= 15 is 0 Å². The lowest BCUT2D eigenvalue weighted by Gasteiger charge is -2.62. The van der Waals surface area contributed by atoms with Crippen LogP contribution in [-0.2, 0) is 0 Å². The first-order valence-corrected chi connectivity index (χ1v) is 10.0. The van der Waals surface area contributed by atoms with Gasteiger partial charge in [-0.15, -0.1) is 0 Å². The summed E-state index contributed by atoms with van der Waals surface area (Å²) in [6.45, 7) is 8.85. The van der Waals surface area contributed by atoms with Gasteiger partial charge in [-0.1, -0.05) is 27.7 Å². The second-order valence-corrected chi connectivity index (χ2v) is 11.3. The van der Waals surface area contributed by atoms with Gasteiger partial charge in [0.1, 0.15) is 0 Å². The van der Waals surface area contributed by atoms with Crippen LogP contribution in [0.25, 0.3) is 0 Å². The Kier molecular flexibility index (Phi) is 6.98. The number of hydrogen-bond acceptors (Lipinski definition) is 1. The topological polar surface area (TPSA) is 55.1 Å². The van der Waals surface area contributed by atoms with Crippen LogP contribution in [0.4, 0.5) is 4.79 Å². The summed E-state index contributed by atoms with van der Waals surface area (Å²) in [6, 6.07) is -0.313. The third-order valence-corrected chi connectivity index (χ3v) is 11.0. The minimum Gasteiger partial charge on any atom is -0.351 e. The summed E-state index contributed by atoms with van der Waals surface area (Å²) in [5.74, 6) is 4.63. The van der Waals surface area contributed by atoms with Gasteiger partial charge < -0.3 is 10.5 Å². The number of urea groups is 1. The second-order valence-electron chi connectivity index (χ2n) is 5.34. The van der Waals surface area contributed by atoms with Crippen molar-refractivity contribution in [1.29, 1.82) is 0 Å². The van der Waals surface area contributed by atoms with E-state index in [9.17, 15) is 4.79 Å². The molecule has 0 radical (unpaired) electrons. The van der Waals surface area contributed by atoms with Gasteiger partial charge in [-0.2, -0.15) is 0 Å². The second kappa shape index (κ2) is 7.14. The van der Waals surface area contributed by atoms with Crippen molar-refractivity contribution in [2.75, 3.05) is 23.0 Å². The number of hydrogen-bond donors (Lipinski definition) is 3. The summed E-state index contributed by atoms with van der Waals surface area (Å²) in [5, 5.41) is 0. The molecule has 0 saturated carbocycles. The Morgan fingerprint density at radius 2 is 1.18 bits per heavy atom. The maximum Gasteiger partial charge on any atom is 0.319 e. The van der Waals surface area contributed by atoms with Crippen molar-refractivity contribution < 1.29 is 4.79 Å². The summed E-state index contributed by atoms with van der Waals surface area (Å²) >= 11 is 0. The molecule has 0 aromatic heterocycles. The molecule has 0 rings (SSSR count). The van der Waals surface area contributed by atoms with Crippen LogP contribution < -0.4 is 10.5 Å². The fraction of sp³-hybridized carbons (Fsp3) is 0.923. The van der Waals surface area contributed by atoms with Crippen LogP contribution in [0.1, 0.15) is 53.4 Å². The Labute approximate surface area is 107 Å². The smallest absolute Gasteiger partial charge is 0.319 e. The summed E-state index contributed by atoms with van der Waals surface area (Å²) < 4.78 is 3.28. The SMILES string of the molecule is CCC[SH](CCC)(CCC)(CCC)NC(N)=O. The molecule has 0 aliphatic heterocycles. The summed E-state index contributed by atoms with van der Waals surface area (Å²) in [7, 11) is -2.11. The number of nitrogens with two attached hydrogens (primary N) is 1. The largest absolute Gasteiger partial charge is 0.351 e. The summed E-state index contributed by atoms with van der Waals surface area (Å²) in [6.07, 6.45) is 4.55. The predicted octanol–water partition coefficient (Wildman–Crippen LogP) is 3.28. The average molecular weight is 264 g/mol. The van der Waals surface area contributed by atoms with Gasteiger partial charge in [0, 0.05) is 0 Å². The Morgan fingerprint density at radius 3 is 1.35 bits per heavy atom. The highest BCUT2D eigenvalue weighted by atomic mass is 32.3. The highest BCUT2D eigenvalue weighted by molar-refractivity contribution is 8.48. The molecule has 0 heterocycles. The van der Waals surface area contributed by atoms with Gasteiger partial charge in [-0.05, 0) is 48.7 Å². The highest BCUT2D eigenvalue weighted by Crippen LogP contribution is 2.67. The van der Waals surface area contributed by atoms with Gasteiger partial charge >= 0.3 is 6.03 Å². The van der Waals surface area contributed by atoms with E-state index < -0.39 is 9.35 Å². The minimum atomic E-state index is -2.11. The Balaban J connectivity index is 5.33. The lowest BCUT2D eigenvalue weighted by Crippen LogP contribution is -2.49. The normalized spacial score (nSPS) is 14.0. The van der Waals surface area contributed by atoms with E-state index in [1.54, 1.807) is 0 Å². The molecule has 0 spiro atoms. The van der Waals surface area contributed by atoms with Crippen molar-refractivity contribution in [2.24, 2.45) is 5.73 Å². The average Bonchev–Trinajstić information content (AvgIpc) is 2.17. The van der Waals surface area contributed by atoms with Crippen molar-refractivity contribution in [3.05, 3.63) is 0 Å². The Bertz CT molecular complexity index is 208. The molecular weight excluding hydrogens is 232 g/mol. The first-order chi connectivity index (χ1) is 7.97. The fourth-order valence-corrected chi connectivity index (χ4v) is 10.7. The molecule has 0 unspecified atom stereocenters. The first kappa shape index (κ1) is 16.6. The van der Waals surface area contributed by atoms with E-state index in [4.69, 9.17) is 5.73 Å². The molecule has 106 valence electrons. The molecule has 0 atom stereocenters. The van der Waals surface area contributed by atoms with E-state index in [1.807, 2.05) is 0 Å². The standard InChI is InChI=1S/C13H32N2OS/c1-5-9-17(10-6-2,11-7-3,12-8-4)15-13(14)16/h17H,5-12H2,1-4H3,(H3,14,15,16). The molecule has 0 aliphatic rings. The number of amides is 2. The number of carbonyl (C=O) groups is 1. The van der Waals surface area contributed by atoms with Gasteiger partial charge in [-0.3, -0.25) is 0 Å². The van der Waals surface area contributed by atoms with Crippen molar-refractivity contribution >= 4 is 15.4 Å². The molecule has 0 saturated heterocycles. The molecule has 0 aliphatic carbocycles. The van der Waals surface area contributed by atoms with Crippen molar-refractivity contribution in [3.8, 4) is 0 Å². The Morgan fingerprint density at radius 1 is 0.882 bits per heavy atom. The van der Waals surface area contributed by atoms with Crippen LogP contribution in [0.3, 0.4) is 0 Å². The molecule has 2 amide bonds. The third-order valence-electron chi connectivity index (χ3n) is 3.67. The zero-order chi connectivity index (χ0) is 13.4. The van der Waals surface area contributed by atoms with Gasteiger partial charge in [0.05, 0.1) is 0 Å². The first-order valence-electron chi connectivity index (χ1n) is 7.06. The number of rotatable bonds is 9. The molecule has 0 aromatic carbocycles. The van der Waals surface area contributed by atoms with Crippen molar-refractivity contribution in [1.82, 2.24) is 4.72 Å². The quantitative estimate of drug-likeness (QED) is 0.550. The van der Waals surface area contributed by atoms with Crippen LogP contribution in [0.5, 0.6) is 0 Å². The van der Waals surface area contributed by atoms with Gasteiger partial charge in [0.2, 0.25) is 0 Å². The molecular formula is C13H32N2OS. The number of thiol groups is 1. The predicted molar refractivity (Wildman–Crippen MR) is 82.3 cm³/mol. The van der Waals surface area contributed by atoms with E-state index in [0.29, 0.717) is 0 Å². The fourth-order valence-electron chi connectivity index (χ4n) is 3.55. The molecule has 0 aromatic rings. The van der Waals surface area contributed by atoms with E-state index in [1.165, 1.54) is 0 Å². The van der Waals surface area contributed by atoms with Crippen LogP contribution >= 0.6 is 9.35 Å². The third kappa shape index (κ3) is 4.41. The lowest BCUT2D eigenvalue weighted by atomic mass is 10.5. The van der Waals surface area contributed by atoms with Crippen LogP contribution in [-0.4, -0.2) is 29.0 Å². The molecule has 3 N–H and O–H groups in total. The minimum absolute atomic E-state index is 0.313. The number of primary amides is 1. The van der Waals surface area contributed by atoms with Gasteiger partial charge in [-0.25, -0.2) is 14.1 Å². The molecule has 0 fully saturated rings. The number of carbonyl (C=O) groups excluding carboxylic acids is 1. The monoisotopic (exact) mass is 264 g/mol. The highest BCUT2D eigenvalue weighted by Gasteiger charge is 2.38. The maximum atomic E-state index is 11.5. The van der Waals surface area contributed by atoms with Crippen LogP contribution in [0.15, 0.2) is 0 Å². The molecule has 17 heavy (non-hydrogen) atoms. The Hall–Kier alpha value is -0.380. The zero-order valence-electron chi connectivity index (χ0n) is 12.1. The lowest BCUT2D eigenvalue weighted by molar-refractivity contribution is 0.253. The van der Waals surface area contributed by atoms with E-state index in [2.05, 4.69) is 32.4 Å².